The maximum Gasteiger partial charge on any atom is 0.258 e. The standard InChI is InChI=1S/C24H22FN5O/c1-14-15(2)27-23-19(11-17(25)12-20(23)26-14)24(31)28-18-8-6-16(7-9-18)21-13-30-10-4-3-5-22(30)29-21/h6-9,11-13H,3-5,10H2,1-2H3,(H,28,31). The van der Waals surface area contributed by atoms with Crippen LogP contribution in [0.2, 0.25) is 0 Å². The fourth-order valence-electron chi connectivity index (χ4n) is 3.95. The second kappa shape index (κ2) is 7.58. The van der Waals surface area contributed by atoms with Crippen LogP contribution in [-0.2, 0) is 13.0 Å². The third-order valence-electron chi connectivity index (χ3n) is 5.74. The number of fused-ring (bicyclic) bond motifs is 2. The van der Waals surface area contributed by atoms with Crippen molar-refractivity contribution in [1.82, 2.24) is 19.5 Å². The topological polar surface area (TPSA) is 72.7 Å². The molecule has 0 saturated heterocycles. The molecular weight excluding hydrogens is 393 g/mol. The first-order chi connectivity index (χ1) is 15.0. The van der Waals surface area contributed by atoms with E-state index in [4.69, 9.17) is 4.98 Å². The Labute approximate surface area is 179 Å². The molecule has 31 heavy (non-hydrogen) atoms. The molecule has 0 spiro atoms. The SMILES string of the molecule is Cc1nc2cc(F)cc(C(=O)Nc3ccc(-c4cn5c(n4)CCCC5)cc3)c2nc1C. The molecule has 2 aromatic heterocycles. The van der Waals surface area contributed by atoms with Crippen LogP contribution in [0.1, 0.15) is 40.4 Å². The predicted molar refractivity (Wildman–Crippen MR) is 118 cm³/mol. The maximum absolute atomic E-state index is 14.1. The number of benzene rings is 2. The molecule has 1 amide bonds. The number of carbonyl (C=O) groups is 1. The van der Waals surface area contributed by atoms with Crippen molar-refractivity contribution in [2.75, 3.05) is 5.32 Å². The van der Waals surface area contributed by atoms with Crippen LogP contribution in [0.3, 0.4) is 0 Å². The molecule has 1 aliphatic heterocycles. The van der Waals surface area contributed by atoms with Crippen molar-refractivity contribution in [3.8, 4) is 11.3 Å². The van der Waals surface area contributed by atoms with E-state index in [-0.39, 0.29) is 5.56 Å². The Balaban J connectivity index is 1.41. The molecule has 0 radical (unpaired) electrons. The lowest BCUT2D eigenvalue weighted by molar-refractivity contribution is 0.102. The number of halogens is 1. The predicted octanol–water partition coefficient (Wildman–Crippen LogP) is 4.84. The van der Waals surface area contributed by atoms with Gasteiger partial charge in [-0.25, -0.2) is 19.3 Å². The van der Waals surface area contributed by atoms with E-state index < -0.39 is 11.7 Å². The molecule has 4 aromatic rings. The zero-order chi connectivity index (χ0) is 21.5. The molecule has 3 heterocycles. The van der Waals surface area contributed by atoms with Crippen LogP contribution < -0.4 is 5.32 Å². The van der Waals surface area contributed by atoms with Gasteiger partial charge in [-0.1, -0.05) is 12.1 Å². The molecule has 0 saturated carbocycles. The number of rotatable bonds is 3. The first-order valence-electron chi connectivity index (χ1n) is 10.4. The highest BCUT2D eigenvalue weighted by atomic mass is 19.1. The van der Waals surface area contributed by atoms with E-state index in [2.05, 4.69) is 26.0 Å². The lowest BCUT2D eigenvalue weighted by Crippen LogP contribution is -2.14. The Morgan fingerprint density at radius 2 is 1.81 bits per heavy atom. The van der Waals surface area contributed by atoms with Crippen molar-refractivity contribution in [3.63, 3.8) is 0 Å². The van der Waals surface area contributed by atoms with Crippen molar-refractivity contribution >= 4 is 22.6 Å². The van der Waals surface area contributed by atoms with E-state index in [1.165, 1.54) is 25.0 Å². The summed E-state index contributed by atoms with van der Waals surface area (Å²) in [7, 11) is 0. The van der Waals surface area contributed by atoms with Gasteiger partial charge < -0.3 is 9.88 Å². The van der Waals surface area contributed by atoms with Gasteiger partial charge in [0.2, 0.25) is 0 Å². The van der Waals surface area contributed by atoms with Crippen molar-refractivity contribution in [2.24, 2.45) is 0 Å². The molecule has 0 unspecified atom stereocenters. The minimum absolute atomic E-state index is 0.163. The highest BCUT2D eigenvalue weighted by molar-refractivity contribution is 6.11. The van der Waals surface area contributed by atoms with E-state index in [1.807, 2.05) is 38.1 Å². The summed E-state index contributed by atoms with van der Waals surface area (Å²) in [6, 6.07) is 10.0. The van der Waals surface area contributed by atoms with Crippen LogP contribution in [-0.4, -0.2) is 25.4 Å². The van der Waals surface area contributed by atoms with Gasteiger partial charge in [-0.2, -0.15) is 0 Å². The number of hydrogen-bond acceptors (Lipinski definition) is 4. The number of amides is 1. The van der Waals surface area contributed by atoms with Gasteiger partial charge >= 0.3 is 0 Å². The van der Waals surface area contributed by atoms with Crippen molar-refractivity contribution in [2.45, 2.75) is 39.7 Å². The molecule has 1 N–H and O–H groups in total. The Bertz CT molecular complexity index is 1290. The van der Waals surface area contributed by atoms with Crippen molar-refractivity contribution < 1.29 is 9.18 Å². The smallest absolute Gasteiger partial charge is 0.258 e. The average molecular weight is 415 g/mol. The molecule has 5 rings (SSSR count). The maximum atomic E-state index is 14.1. The summed E-state index contributed by atoms with van der Waals surface area (Å²) in [5.41, 5.74) is 4.89. The quantitative estimate of drug-likeness (QED) is 0.520. The van der Waals surface area contributed by atoms with Crippen LogP contribution in [0.25, 0.3) is 22.3 Å². The number of anilines is 1. The normalized spacial score (nSPS) is 13.3. The van der Waals surface area contributed by atoms with Crippen LogP contribution in [0.5, 0.6) is 0 Å². The molecule has 156 valence electrons. The van der Waals surface area contributed by atoms with Gasteiger partial charge in [-0.3, -0.25) is 4.79 Å². The van der Waals surface area contributed by atoms with Gasteiger partial charge in [0.15, 0.2) is 0 Å². The number of carbonyl (C=O) groups excluding carboxylic acids is 1. The first-order valence-corrected chi connectivity index (χ1v) is 10.4. The molecule has 0 bridgehead atoms. The third kappa shape index (κ3) is 3.67. The van der Waals surface area contributed by atoms with Crippen LogP contribution >= 0.6 is 0 Å². The number of nitrogens with one attached hydrogen (secondary N) is 1. The summed E-state index contributed by atoms with van der Waals surface area (Å²) >= 11 is 0. The summed E-state index contributed by atoms with van der Waals surface area (Å²) in [6.45, 7) is 4.64. The lowest BCUT2D eigenvalue weighted by Gasteiger charge is -2.11. The van der Waals surface area contributed by atoms with Gasteiger partial charge in [-0.05, 0) is 44.9 Å². The number of aromatic nitrogens is 4. The van der Waals surface area contributed by atoms with Crippen LogP contribution in [0.4, 0.5) is 10.1 Å². The Kier molecular flexibility index (Phi) is 4.73. The van der Waals surface area contributed by atoms with Gasteiger partial charge in [0.25, 0.3) is 5.91 Å². The number of hydrogen-bond donors (Lipinski definition) is 1. The molecule has 0 fully saturated rings. The highest BCUT2D eigenvalue weighted by Gasteiger charge is 2.17. The highest BCUT2D eigenvalue weighted by Crippen LogP contribution is 2.25. The van der Waals surface area contributed by atoms with Gasteiger partial charge in [0, 0.05) is 36.5 Å². The summed E-state index contributed by atoms with van der Waals surface area (Å²) in [5, 5.41) is 2.84. The molecule has 0 aliphatic carbocycles. The average Bonchev–Trinajstić information content (AvgIpc) is 3.19. The zero-order valence-electron chi connectivity index (χ0n) is 17.4. The van der Waals surface area contributed by atoms with E-state index in [1.54, 1.807) is 0 Å². The summed E-state index contributed by atoms with van der Waals surface area (Å²) < 4.78 is 16.3. The molecule has 0 atom stereocenters. The van der Waals surface area contributed by atoms with E-state index in [0.29, 0.717) is 28.1 Å². The fourth-order valence-corrected chi connectivity index (χ4v) is 3.95. The number of imidazole rings is 1. The largest absolute Gasteiger partial charge is 0.334 e. The monoisotopic (exact) mass is 415 g/mol. The molecule has 6 nitrogen and oxygen atoms in total. The molecular formula is C24H22FN5O. The van der Waals surface area contributed by atoms with Gasteiger partial charge in [0.05, 0.1) is 28.2 Å². The summed E-state index contributed by atoms with van der Waals surface area (Å²) in [6.07, 6.45) is 5.47. The zero-order valence-corrected chi connectivity index (χ0v) is 17.4. The van der Waals surface area contributed by atoms with Gasteiger partial charge in [0.1, 0.15) is 17.2 Å². The molecule has 2 aromatic carbocycles. The number of nitrogens with zero attached hydrogens (tertiary/aromatic N) is 4. The van der Waals surface area contributed by atoms with E-state index in [0.717, 1.165) is 30.0 Å². The lowest BCUT2D eigenvalue weighted by atomic mass is 10.1. The Hall–Kier alpha value is -3.61. The Morgan fingerprint density at radius 1 is 1.03 bits per heavy atom. The minimum atomic E-state index is -0.519. The second-order valence-electron chi connectivity index (χ2n) is 7.94. The molecule has 7 heteroatoms. The molecule has 1 aliphatic rings. The van der Waals surface area contributed by atoms with E-state index >= 15 is 0 Å². The van der Waals surface area contributed by atoms with Crippen LogP contribution in [0, 0.1) is 19.7 Å². The summed E-state index contributed by atoms with van der Waals surface area (Å²) in [5.74, 6) is 0.185. The van der Waals surface area contributed by atoms with Crippen molar-refractivity contribution in [3.05, 3.63) is 71.2 Å². The fraction of sp³-hybridized carbons (Fsp3) is 0.250. The van der Waals surface area contributed by atoms with Gasteiger partial charge in [-0.15, -0.1) is 0 Å². The Morgan fingerprint density at radius 3 is 2.58 bits per heavy atom. The first kappa shape index (κ1) is 19.4. The van der Waals surface area contributed by atoms with Crippen LogP contribution in [0.15, 0.2) is 42.6 Å². The van der Waals surface area contributed by atoms with Crippen molar-refractivity contribution in [1.29, 1.82) is 0 Å². The summed E-state index contributed by atoms with van der Waals surface area (Å²) in [4.78, 5) is 26.5. The minimum Gasteiger partial charge on any atom is -0.334 e. The second-order valence-corrected chi connectivity index (χ2v) is 7.94. The number of aryl methyl sites for hydroxylation is 4. The third-order valence-corrected chi connectivity index (χ3v) is 5.74. The van der Waals surface area contributed by atoms with E-state index in [9.17, 15) is 9.18 Å².